The number of alkyl halides is 3. The van der Waals surface area contributed by atoms with Crippen molar-refractivity contribution in [1.82, 2.24) is 9.80 Å². The summed E-state index contributed by atoms with van der Waals surface area (Å²) in [5.41, 5.74) is 4.49. The largest absolute Gasteiger partial charge is 0.416 e. The van der Waals surface area contributed by atoms with Crippen molar-refractivity contribution in [2.45, 2.75) is 12.6 Å². The van der Waals surface area contributed by atoms with E-state index in [1.807, 2.05) is 0 Å². The minimum Gasteiger partial charge on any atom is -0.339 e. The predicted octanol–water partition coefficient (Wildman–Crippen LogP) is 1.76. The van der Waals surface area contributed by atoms with Crippen molar-refractivity contribution < 1.29 is 22.8 Å². The van der Waals surface area contributed by atoms with E-state index in [-0.39, 0.29) is 36.8 Å². The van der Waals surface area contributed by atoms with Crippen LogP contribution in [-0.2, 0) is 11.0 Å². The molecule has 1 saturated heterocycles. The highest BCUT2D eigenvalue weighted by Crippen LogP contribution is 2.29. The molecular weight excluding hydrogens is 347 g/mol. The van der Waals surface area contributed by atoms with Gasteiger partial charge in [-0.05, 0) is 18.2 Å². The molecule has 1 aromatic rings. The second-order valence-electron chi connectivity index (χ2n) is 5.29. The Morgan fingerprint density at radius 1 is 1.08 bits per heavy atom. The number of amides is 2. The lowest BCUT2D eigenvalue weighted by Gasteiger charge is -2.35. The molecule has 1 aromatic carbocycles. The molecule has 0 aromatic heterocycles. The van der Waals surface area contributed by atoms with Crippen LogP contribution in [-0.4, -0.2) is 54.3 Å². The molecule has 0 unspecified atom stereocenters. The summed E-state index contributed by atoms with van der Waals surface area (Å²) in [6.45, 7) is 1.59. The summed E-state index contributed by atoms with van der Waals surface area (Å²) < 4.78 is 38.1. The summed E-state index contributed by atoms with van der Waals surface area (Å²) in [7, 11) is 0. The third kappa shape index (κ3) is 4.85. The number of carbonyl (C=O) groups excluding carboxylic acids is 2. The summed E-state index contributed by atoms with van der Waals surface area (Å²) in [6, 6.07) is 4.37. The lowest BCUT2D eigenvalue weighted by molar-refractivity contribution is -0.137. The molecule has 0 saturated carbocycles. The summed E-state index contributed by atoms with van der Waals surface area (Å²) in [5, 5.41) is 0. The highest BCUT2D eigenvalue weighted by atomic mass is 35.5. The first-order valence-corrected chi connectivity index (χ1v) is 7.27. The van der Waals surface area contributed by atoms with Crippen LogP contribution < -0.4 is 5.73 Å². The van der Waals surface area contributed by atoms with Crippen LogP contribution in [0, 0.1) is 0 Å². The fourth-order valence-electron chi connectivity index (χ4n) is 2.45. The predicted molar refractivity (Wildman–Crippen MR) is 84.8 cm³/mol. The van der Waals surface area contributed by atoms with Crippen LogP contribution in [0.4, 0.5) is 13.2 Å². The normalized spacial score (nSPS) is 15.0. The summed E-state index contributed by atoms with van der Waals surface area (Å²) >= 11 is 0. The van der Waals surface area contributed by atoms with E-state index in [9.17, 15) is 22.8 Å². The number of piperazine rings is 1. The fraction of sp³-hybridized carbons (Fsp3) is 0.467. The standard InChI is InChI=1S/C15H18F3N3O2.ClH/c16-15(17,18)12-3-1-2-11(10-12)14(23)21-8-6-20(7-9-21)13(22)4-5-19;/h1-3,10H,4-9,19H2;1H. The minimum atomic E-state index is -4.48. The zero-order valence-electron chi connectivity index (χ0n) is 12.9. The summed E-state index contributed by atoms with van der Waals surface area (Å²) in [4.78, 5) is 27.1. The SMILES string of the molecule is Cl.NCCC(=O)N1CCN(C(=O)c2cccc(C(F)(F)F)c2)CC1. The van der Waals surface area contributed by atoms with Gasteiger partial charge in [-0.2, -0.15) is 13.2 Å². The van der Waals surface area contributed by atoms with E-state index >= 15 is 0 Å². The number of rotatable bonds is 3. The van der Waals surface area contributed by atoms with E-state index in [0.717, 1.165) is 12.1 Å². The van der Waals surface area contributed by atoms with Gasteiger partial charge in [-0.25, -0.2) is 0 Å². The average Bonchev–Trinajstić information content (AvgIpc) is 2.54. The second kappa shape index (κ2) is 8.34. The molecule has 2 rings (SSSR count). The molecule has 134 valence electrons. The Hall–Kier alpha value is -1.80. The molecular formula is C15H19ClF3N3O2. The summed E-state index contributed by atoms with van der Waals surface area (Å²) in [6.07, 6.45) is -4.23. The van der Waals surface area contributed by atoms with Crippen LogP contribution >= 0.6 is 12.4 Å². The maximum absolute atomic E-state index is 12.7. The molecule has 0 aliphatic carbocycles. The molecule has 1 aliphatic rings. The van der Waals surface area contributed by atoms with Gasteiger partial charge < -0.3 is 15.5 Å². The molecule has 2 amide bonds. The van der Waals surface area contributed by atoms with Crippen molar-refractivity contribution in [3.63, 3.8) is 0 Å². The smallest absolute Gasteiger partial charge is 0.339 e. The van der Waals surface area contributed by atoms with Gasteiger partial charge >= 0.3 is 6.18 Å². The number of halogens is 4. The first-order chi connectivity index (χ1) is 10.8. The Labute approximate surface area is 144 Å². The van der Waals surface area contributed by atoms with Crippen molar-refractivity contribution in [1.29, 1.82) is 0 Å². The number of nitrogens with zero attached hydrogens (tertiary/aromatic N) is 2. The maximum Gasteiger partial charge on any atom is 0.416 e. The molecule has 1 fully saturated rings. The van der Waals surface area contributed by atoms with Crippen molar-refractivity contribution in [3.8, 4) is 0 Å². The van der Waals surface area contributed by atoms with E-state index in [2.05, 4.69) is 0 Å². The van der Waals surface area contributed by atoms with Gasteiger partial charge in [0.2, 0.25) is 5.91 Å². The van der Waals surface area contributed by atoms with Gasteiger partial charge in [-0.3, -0.25) is 9.59 Å². The Morgan fingerprint density at radius 3 is 2.21 bits per heavy atom. The molecule has 0 atom stereocenters. The van der Waals surface area contributed by atoms with Gasteiger partial charge in [-0.1, -0.05) is 6.07 Å². The van der Waals surface area contributed by atoms with E-state index in [1.165, 1.54) is 17.0 Å². The number of hydrogen-bond acceptors (Lipinski definition) is 3. The molecule has 5 nitrogen and oxygen atoms in total. The van der Waals surface area contributed by atoms with Gasteiger partial charge in [0.15, 0.2) is 0 Å². The van der Waals surface area contributed by atoms with Gasteiger partial charge in [0.1, 0.15) is 0 Å². The molecule has 0 bridgehead atoms. The van der Waals surface area contributed by atoms with Crippen molar-refractivity contribution in [2.24, 2.45) is 5.73 Å². The number of benzene rings is 1. The van der Waals surface area contributed by atoms with Crippen molar-refractivity contribution in [2.75, 3.05) is 32.7 Å². The van der Waals surface area contributed by atoms with Gasteiger partial charge in [0.25, 0.3) is 5.91 Å². The molecule has 1 aliphatic heterocycles. The molecule has 2 N–H and O–H groups in total. The van der Waals surface area contributed by atoms with Crippen LogP contribution in [0.5, 0.6) is 0 Å². The number of carbonyl (C=O) groups is 2. The number of hydrogen-bond donors (Lipinski definition) is 1. The van der Waals surface area contributed by atoms with Crippen molar-refractivity contribution >= 4 is 24.2 Å². The van der Waals surface area contributed by atoms with E-state index < -0.39 is 17.6 Å². The first-order valence-electron chi connectivity index (χ1n) is 7.27. The highest BCUT2D eigenvalue weighted by Gasteiger charge is 2.32. The van der Waals surface area contributed by atoms with Crippen LogP contribution in [0.3, 0.4) is 0 Å². The Bertz CT molecular complexity index is 588. The van der Waals surface area contributed by atoms with E-state index in [1.54, 1.807) is 4.90 Å². The third-order valence-electron chi connectivity index (χ3n) is 3.71. The van der Waals surface area contributed by atoms with Crippen molar-refractivity contribution in [3.05, 3.63) is 35.4 Å². The molecule has 24 heavy (non-hydrogen) atoms. The highest BCUT2D eigenvalue weighted by molar-refractivity contribution is 5.94. The van der Waals surface area contributed by atoms with Gasteiger partial charge in [-0.15, -0.1) is 12.4 Å². The quantitative estimate of drug-likeness (QED) is 0.887. The Morgan fingerprint density at radius 2 is 1.67 bits per heavy atom. The van der Waals surface area contributed by atoms with E-state index in [4.69, 9.17) is 5.73 Å². The lowest BCUT2D eigenvalue weighted by atomic mass is 10.1. The van der Waals surface area contributed by atoms with Crippen LogP contribution in [0.1, 0.15) is 22.3 Å². The Balaban J connectivity index is 0.00000288. The zero-order chi connectivity index (χ0) is 17.0. The van der Waals surface area contributed by atoms with Crippen LogP contribution in [0.2, 0.25) is 0 Å². The topological polar surface area (TPSA) is 66.6 Å². The first kappa shape index (κ1) is 20.2. The molecule has 1 heterocycles. The lowest BCUT2D eigenvalue weighted by Crippen LogP contribution is -2.50. The fourth-order valence-corrected chi connectivity index (χ4v) is 2.45. The summed E-state index contributed by atoms with van der Waals surface area (Å²) in [5.74, 6) is -0.527. The van der Waals surface area contributed by atoms with Gasteiger partial charge in [0.05, 0.1) is 5.56 Å². The van der Waals surface area contributed by atoms with Crippen LogP contribution in [0.25, 0.3) is 0 Å². The molecule has 9 heteroatoms. The maximum atomic E-state index is 12.7. The second-order valence-corrected chi connectivity index (χ2v) is 5.29. The minimum absolute atomic E-state index is 0. The third-order valence-corrected chi connectivity index (χ3v) is 3.71. The zero-order valence-corrected chi connectivity index (χ0v) is 13.7. The molecule has 0 radical (unpaired) electrons. The molecule has 0 spiro atoms. The van der Waals surface area contributed by atoms with E-state index in [0.29, 0.717) is 26.2 Å². The number of nitrogens with two attached hydrogens (primary N) is 1. The Kier molecular flexibility index (Phi) is 7.04. The van der Waals surface area contributed by atoms with Gasteiger partial charge in [0, 0.05) is 44.7 Å². The average molecular weight is 366 g/mol. The van der Waals surface area contributed by atoms with Crippen LogP contribution in [0.15, 0.2) is 24.3 Å². The monoisotopic (exact) mass is 365 g/mol.